The van der Waals surface area contributed by atoms with Crippen LogP contribution in [-0.2, 0) is 6.42 Å². The molecule has 0 unspecified atom stereocenters. The molecule has 1 aromatic rings. The third-order valence-electron chi connectivity index (χ3n) is 5.59. The van der Waals surface area contributed by atoms with Crippen LogP contribution in [0.25, 0.3) is 0 Å². The Morgan fingerprint density at radius 2 is 1.78 bits per heavy atom. The van der Waals surface area contributed by atoms with Crippen molar-refractivity contribution in [3.63, 3.8) is 0 Å². The molecule has 0 aliphatic heterocycles. The van der Waals surface area contributed by atoms with E-state index in [0.717, 1.165) is 5.92 Å². The highest BCUT2D eigenvalue weighted by Gasteiger charge is 2.22. The van der Waals surface area contributed by atoms with Gasteiger partial charge in [-0.05, 0) is 35.3 Å². The van der Waals surface area contributed by atoms with Crippen LogP contribution in [0.4, 0.5) is 0 Å². The topological polar surface area (TPSA) is 0 Å². The molecule has 23 heavy (non-hydrogen) atoms. The first kappa shape index (κ1) is 16.8. The zero-order chi connectivity index (χ0) is 16.3. The molecule has 0 N–H and O–H groups in total. The van der Waals surface area contributed by atoms with E-state index in [-0.39, 0.29) is 9.52 Å². The number of hydrogen-bond acceptors (Lipinski definition) is 0. The van der Waals surface area contributed by atoms with E-state index in [4.69, 9.17) is 0 Å². The van der Waals surface area contributed by atoms with Crippen molar-refractivity contribution in [1.82, 2.24) is 0 Å². The van der Waals surface area contributed by atoms with E-state index >= 15 is 0 Å². The van der Waals surface area contributed by atoms with E-state index in [1.807, 2.05) is 0 Å². The molecule has 0 nitrogen and oxygen atoms in total. The average Bonchev–Trinajstić information content (AvgIpc) is 2.99. The highest BCUT2D eigenvalue weighted by atomic mass is 28.2. The fraction of sp³-hybridized carbons (Fsp3) is 0.545. The molecule has 1 fully saturated rings. The smallest absolute Gasteiger partial charge is 0.0806 e. The van der Waals surface area contributed by atoms with Gasteiger partial charge in [0.05, 0.1) is 9.52 Å². The van der Waals surface area contributed by atoms with E-state index in [1.54, 1.807) is 21.5 Å². The standard InChI is InChI=1S/C22H32Si/c1-22(2,3)19-13-9-15-21(19)23-20-14-8-7-12-18(20)16-17-10-5-4-6-11-17/h7-9,12-14,17H,4-6,10-11,15-16,23H2,1-3H3. The van der Waals surface area contributed by atoms with Crippen LogP contribution in [-0.4, -0.2) is 9.52 Å². The summed E-state index contributed by atoms with van der Waals surface area (Å²) in [7, 11) is -0.321. The summed E-state index contributed by atoms with van der Waals surface area (Å²) < 4.78 is 0. The summed E-state index contributed by atoms with van der Waals surface area (Å²) >= 11 is 0. The molecule has 2 aliphatic rings. The fourth-order valence-electron chi connectivity index (χ4n) is 4.36. The van der Waals surface area contributed by atoms with Crippen molar-refractivity contribution in [3.8, 4) is 0 Å². The Morgan fingerprint density at radius 1 is 1.04 bits per heavy atom. The summed E-state index contributed by atoms with van der Waals surface area (Å²) in [6.07, 6.45) is 14.6. The lowest BCUT2D eigenvalue weighted by Gasteiger charge is -2.24. The zero-order valence-electron chi connectivity index (χ0n) is 15.2. The molecular weight excluding hydrogens is 292 g/mol. The van der Waals surface area contributed by atoms with Gasteiger partial charge in [0.1, 0.15) is 0 Å². The predicted octanol–water partition coefficient (Wildman–Crippen LogP) is 4.86. The third kappa shape index (κ3) is 4.26. The number of rotatable bonds is 4. The van der Waals surface area contributed by atoms with Crippen molar-refractivity contribution in [1.29, 1.82) is 0 Å². The molecule has 1 heteroatoms. The van der Waals surface area contributed by atoms with Gasteiger partial charge in [-0.1, -0.05) is 99.7 Å². The summed E-state index contributed by atoms with van der Waals surface area (Å²) in [5.41, 5.74) is 3.59. The van der Waals surface area contributed by atoms with Crippen molar-refractivity contribution in [2.75, 3.05) is 0 Å². The maximum Gasteiger partial charge on any atom is 0.0835 e. The van der Waals surface area contributed by atoms with Gasteiger partial charge < -0.3 is 0 Å². The van der Waals surface area contributed by atoms with Gasteiger partial charge in [-0.15, -0.1) is 0 Å². The monoisotopic (exact) mass is 324 g/mol. The summed E-state index contributed by atoms with van der Waals surface area (Å²) in [6, 6.07) is 9.35. The Kier molecular flexibility index (Phi) is 5.26. The first-order chi connectivity index (χ1) is 11.0. The quantitative estimate of drug-likeness (QED) is 0.694. The summed E-state index contributed by atoms with van der Waals surface area (Å²) in [5, 5.41) is 3.48. The van der Waals surface area contributed by atoms with Gasteiger partial charge in [0.15, 0.2) is 0 Å². The minimum atomic E-state index is -0.321. The molecule has 0 heterocycles. The highest BCUT2D eigenvalue weighted by molar-refractivity contribution is 6.62. The molecule has 0 atom stereocenters. The van der Waals surface area contributed by atoms with E-state index in [9.17, 15) is 0 Å². The van der Waals surface area contributed by atoms with Crippen molar-refractivity contribution in [2.45, 2.75) is 65.7 Å². The Hall–Kier alpha value is -1.08. The number of hydrogen-bond donors (Lipinski definition) is 0. The van der Waals surface area contributed by atoms with Crippen LogP contribution < -0.4 is 5.19 Å². The van der Waals surface area contributed by atoms with Crippen LogP contribution in [0.1, 0.15) is 64.9 Å². The van der Waals surface area contributed by atoms with Crippen LogP contribution in [0.5, 0.6) is 0 Å². The van der Waals surface area contributed by atoms with Crippen molar-refractivity contribution < 1.29 is 0 Å². The molecule has 1 aromatic carbocycles. The molecule has 0 bridgehead atoms. The fourth-order valence-corrected chi connectivity index (χ4v) is 6.71. The molecular formula is C22H32Si. The van der Waals surface area contributed by atoms with E-state index in [2.05, 4.69) is 57.2 Å². The first-order valence-electron chi connectivity index (χ1n) is 9.50. The van der Waals surface area contributed by atoms with Crippen molar-refractivity contribution in [2.24, 2.45) is 11.3 Å². The molecule has 1 saturated carbocycles. The van der Waals surface area contributed by atoms with Crippen molar-refractivity contribution >= 4 is 14.7 Å². The Morgan fingerprint density at radius 3 is 2.52 bits per heavy atom. The molecule has 0 aromatic heterocycles. The highest BCUT2D eigenvalue weighted by Crippen LogP contribution is 2.34. The van der Waals surface area contributed by atoms with Gasteiger partial charge >= 0.3 is 0 Å². The third-order valence-corrected chi connectivity index (χ3v) is 7.76. The maximum absolute atomic E-state index is 2.43. The van der Waals surface area contributed by atoms with Crippen LogP contribution in [0.3, 0.4) is 0 Å². The second-order valence-corrected chi connectivity index (χ2v) is 10.5. The van der Waals surface area contributed by atoms with Crippen LogP contribution in [0.15, 0.2) is 47.2 Å². The molecule has 2 aliphatic carbocycles. The van der Waals surface area contributed by atoms with Gasteiger partial charge in [-0.25, -0.2) is 0 Å². The molecule has 0 radical (unpaired) electrons. The zero-order valence-corrected chi connectivity index (χ0v) is 16.6. The van der Waals surface area contributed by atoms with Gasteiger partial charge in [-0.2, -0.15) is 0 Å². The SMILES string of the molecule is CC(C)(C)C1=C([SiH2]c2ccccc2CC2CCCCC2)CC=C1. The van der Waals surface area contributed by atoms with Gasteiger partial charge in [0, 0.05) is 0 Å². The van der Waals surface area contributed by atoms with E-state index in [0.29, 0.717) is 5.41 Å². The van der Waals surface area contributed by atoms with E-state index < -0.39 is 0 Å². The van der Waals surface area contributed by atoms with Crippen molar-refractivity contribution in [3.05, 3.63) is 52.8 Å². The van der Waals surface area contributed by atoms with Crippen LogP contribution >= 0.6 is 0 Å². The minimum Gasteiger partial charge on any atom is -0.0806 e. The van der Waals surface area contributed by atoms with Gasteiger partial charge in [-0.3, -0.25) is 0 Å². The first-order valence-corrected chi connectivity index (χ1v) is 10.9. The number of benzene rings is 1. The maximum atomic E-state index is 2.43. The second kappa shape index (κ2) is 7.21. The normalized spacial score (nSPS) is 20.1. The molecule has 3 rings (SSSR count). The molecule has 124 valence electrons. The molecule has 0 amide bonds. The van der Waals surface area contributed by atoms with E-state index in [1.165, 1.54) is 44.9 Å². The summed E-state index contributed by atoms with van der Waals surface area (Å²) in [5.74, 6) is 0.941. The van der Waals surface area contributed by atoms with Crippen LogP contribution in [0, 0.1) is 11.3 Å². The van der Waals surface area contributed by atoms with Gasteiger partial charge in [0.25, 0.3) is 0 Å². The molecule has 0 saturated heterocycles. The van der Waals surface area contributed by atoms with Gasteiger partial charge in [0.2, 0.25) is 0 Å². The average molecular weight is 325 g/mol. The Labute approximate surface area is 144 Å². The second-order valence-electron chi connectivity index (χ2n) is 8.53. The lowest BCUT2D eigenvalue weighted by molar-refractivity contribution is 0.357. The molecule has 0 spiro atoms. The minimum absolute atomic E-state index is 0.299. The number of allylic oxidation sites excluding steroid dienone is 4. The summed E-state index contributed by atoms with van der Waals surface area (Å²) in [4.78, 5) is 0. The predicted molar refractivity (Wildman–Crippen MR) is 105 cm³/mol. The van der Waals surface area contributed by atoms with Crippen LogP contribution in [0.2, 0.25) is 0 Å². The lowest BCUT2D eigenvalue weighted by Crippen LogP contribution is -2.25. The summed E-state index contributed by atoms with van der Waals surface area (Å²) in [6.45, 7) is 7.08. The Balaban J connectivity index is 1.78. The largest absolute Gasteiger partial charge is 0.0835 e. The Bertz CT molecular complexity index is 595. The lowest BCUT2D eigenvalue weighted by atomic mass is 9.85.